The Hall–Kier alpha value is -1.13. The molecule has 0 radical (unpaired) electrons. The first kappa shape index (κ1) is 51.7. The minimum Gasteiger partial charge on any atom is -0.392 e. The number of ether oxygens (including phenoxy) is 12. The SMILES string of the molecule is COC1CCC(OC2(C)C(CC3CC(OC)C(C)C4(O3)OC(C)(C3CCC(C5CCC(C6OC(C)(O)C(C)C(O)C6C)O5)O3)C(OC)C4C)OC(C(C)C(=O)OO)C(C)C2OC)OC1C. The first-order valence-corrected chi connectivity index (χ1v) is 24.4. The molecule has 17 heteroatoms. The maximum atomic E-state index is 12.8. The van der Waals surface area contributed by atoms with Crippen LogP contribution in [-0.4, -0.2) is 164 Å². The number of hydrogen-bond acceptors (Lipinski definition) is 17. The van der Waals surface area contributed by atoms with E-state index in [1.54, 1.807) is 49.2 Å². The highest BCUT2D eigenvalue weighted by Gasteiger charge is 2.69. The van der Waals surface area contributed by atoms with Crippen LogP contribution in [0, 0.1) is 35.5 Å². The Morgan fingerprint density at radius 1 is 0.723 bits per heavy atom. The minimum atomic E-state index is -1.46. The molecule has 25 unspecified atom stereocenters. The fourth-order valence-electron chi connectivity index (χ4n) is 13.4. The molecule has 7 heterocycles. The molecule has 0 aliphatic carbocycles. The lowest BCUT2D eigenvalue weighted by Crippen LogP contribution is -2.67. The Kier molecular flexibility index (Phi) is 15.9. The first-order chi connectivity index (χ1) is 30.6. The number of rotatable bonds is 13. The molecule has 0 saturated carbocycles. The Labute approximate surface area is 386 Å². The van der Waals surface area contributed by atoms with E-state index in [4.69, 9.17) is 56.8 Å². The highest BCUT2D eigenvalue weighted by atomic mass is 17.1. The van der Waals surface area contributed by atoms with Crippen LogP contribution in [0.5, 0.6) is 0 Å². The molecule has 0 aromatic heterocycles. The second kappa shape index (κ2) is 19.9. The van der Waals surface area contributed by atoms with Crippen molar-refractivity contribution in [2.75, 3.05) is 28.4 Å². The highest BCUT2D eigenvalue weighted by Crippen LogP contribution is 2.57. The number of carbonyl (C=O) groups is 1. The molecule has 0 aromatic carbocycles. The summed E-state index contributed by atoms with van der Waals surface area (Å²) in [7, 11) is 6.74. The van der Waals surface area contributed by atoms with Gasteiger partial charge in [0.1, 0.15) is 11.2 Å². The standard InChI is InChI=1S/C48H82O17/c1-23-39(49)27(5)47(10,51)63-41(23)34-16-15-32(58-34)33-17-19-36(59-33)46(9)43(56-14)28(6)48(65-46)26(4)35(54-12)21-30(61-48)22-37-45(8,62-38-20-18-31(53-11)29(7)57-38)42(55-13)24(2)40(60-37)25(3)44(50)64-52/h23-43,49,51-52H,15-22H2,1-14H3. The van der Waals surface area contributed by atoms with Gasteiger partial charge in [0.15, 0.2) is 17.9 Å². The fourth-order valence-corrected chi connectivity index (χ4v) is 13.4. The third-order valence-corrected chi connectivity index (χ3v) is 17.4. The average Bonchev–Trinajstić information content (AvgIpc) is 4.02. The maximum absolute atomic E-state index is 12.8. The summed E-state index contributed by atoms with van der Waals surface area (Å²) in [4.78, 5) is 17.1. The zero-order valence-corrected chi connectivity index (χ0v) is 41.3. The summed E-state index contributed by atoms with van der Waals surface area (Å²) in [6, 6.07) is 0. The smallest absolute Gasteiger partial charge is 0.347 e. The third kappa shape index (κ3) is 9.23. The first-order valence-electron chi connectivity index (χ1n) is 24.4. The molecule has 3 N–H and O–H groups in total. The number of hydrogen-bond donors (Lipinski definition) is 3. The highest BCUT2D eigenvalue weighted by molar-refractivity contribution is 5.72. The molecule has 7 aliphatic heterocycles. The summed E-state index contributed by atoms with van der Waals surface area (Å²) in [5, 5.41) is 31.4. The second-order valence-corrected chi connectivity index (χ2v) is 21.3. The minimum absolute atomic E-state index is 0.0588. The molecule has 0 amide bonds. The van der Waals surface area contributed by atoms with E-state index in [2.05, 4.69) is 25.7 Å². The van der Waals surface area contributed by atoms with E-state index in [0.717, 1.165) is 25.7 Å². The van der Waals surface area contributed by atoms with E-state index in [1.807, 2.05) is 27.7 Å². The molecule has 7 aliphatic rings. The predicted molar refractivity (Wildman–Crippen MR) is 232 cm³/mol. The zero-order valence-electron chi connectivity index (χ0n) is 41.3. The van der Waals surface area contributed by atoms with Gasteiger partial charge in [0.25, 0.3) is 0 Å². The van der Waals surface area contributed by atoms with Gasteiger partial charge in [-0.1, -0.05) is 34.6 Å². The molecule has 7 rings (SSSR count). The van der Waals surface area contributed by atoms with Gasteiger partial charge in [-0.25, -0.2) is 4.79 Å². The monoisotopic (exact) mass is 931 g/mol. The Morgan fingerprint density at radius 2 is 1.37 bits per heavy atom. The van der Waals surface area contributed by atoms with Crippen molar-refractivity contribution in [2.24, 2.45) is 35.5 Å². The van der Waals surface area contributed by atoms with E-state index in [9.17, 15) is 20.3 Å². The van der Waals surface area contributed by atoms with Crippen LogP contribution in [0.2, 0.25) is 0 Å². The van der Waals surface area contributed by atoms with E-state index in [0.29, 0.717) is 25.7 Å². The van der Waals surface area contributed by atoms with Gasteiger partial charge >= 0.3 is 5.97 Å². The summed E-state index contributed by atoms with van der Waals surface area (Å²) < 4.78 is 79.5. The lowest BCUT2D eigenvalue weighted by Gasteiger charge is -2.55. The van der Waals surface area contributed by atoms with E-state index < -0.39 is 89.6 Å². The zero-order chi connectivity index (χ0) is 47.6. The van der Waals surface area contributed by atoms with Crippen molar-refractivity contribution in [1.82, 2.24) is 0 Å². The van der Waals surface area contributed by atoms with Gasteiger partial charge in [0, 0.05) is 77.3 Å². The second-order valence-electron chi connectivity index (χ2n) is 21.3. The third-order valence-electron chi connectivity index (χ3n) is 17.4. The van der Waals surface area contributed by atoms with Crippen LogP contribution in [0.1, 0.15) is 121 Å². The average molecular weight is 931 g/mol. The fraction of sp³-hybridized carbons (Fsp3) is 0.979. The molecule has 7 saturated heterocycles. The molecular formula is C48H82O17. The van der Waals surface area contributed by atoms with E-state index >= 15 is 0 Å². The van der Waals surface area contributed by atoms with Crippen molar-refractivity contribution in [3.63, 3.8) is 0 Å². The van der Waals surface area contributed by atoms with Gasteiger partial charge in [-0.05, 0) is 66.7 Å². The Morgan fingerprint density at radius 3 is 2.00 bits per heavy atom. The van der Waals surface area contributed by atoms with Crippen molar-refractivity contribution in [1.29, 1.82) is 0 Å². The predicted octanol–water partition coefficient (Wildman–Crippen LogP) is 5.17. The van der Waals surface area contributed by atoms with E-state index in [-0.39, 0.29) is 66.4 Å². The largest absolute Gasteiger partial charge is 0.392 e. The number of carbonyl (C=O) groups excluding carboxylic acids is 1. The van der Waals surface area contributed by atoms with Crippen molar-refractivity contribution in [2.45, 2.75) is 235 Å². The van der Waals surface area contributed by atoms with Crippen LogP contribution < -0.4 is 0 Å². The molecule has 376 valence electrons. The number of methoxy groups -OCH3 is 4. The maximum Gasteiger partial charge on any atom is 0.347 e. The molecule has 0 bridgehead atoms. The van der Waals surface area contributed by atoms with Gasteiger partial charge in [0.2, 0.25) is 0 Å². The molecule has 0 aromatic rings. The summed E-state index contributed by atoms with van der Waals surface area (Å²) >= 11 is 0. The lowest BCUT2D eigenvalue weighted by molar-refractivity contribution is -0.363. The van der Waals surface area contributed by atoms with E-state index in [1.165, 1.54) is 0 Å². The molecule has 7 fully saturated rings. The van der Waals surface area contributed by atoms with Crippen molar-refractivity contribution in [3.05, 3.63) is 0 Å². The Balaban J connectivity index is 1.12. The number of aliphatic hydroxyl groups is 2. The summed E-state index contributed by atoms with van der Waals surface area (Å²) in [5.41, 5.74) is -2.01. The van der Waals surface area contributed by atoms with Crippen LogP contribution in [0.4, 0.5) is 0 Å². The quantitative estimate of drug-likeness (QED) is 0.161. The summed E-state index contributed by atoms with van der Waals surface area (Å²) in [6.45, 7) is 19.2. The summed E-state index contributed by atoms with van der Waals surface area (Å²) in [6.07, 6.45) is -1.00. The van der Waals surface area contributed by atoms with Gasteiger partial charge < -0.3 is 71.9 Å². The van der Waals surface area contributed by atoms with Gasteiger partial charge in [-0.2, -0.15) is 5.26 Å². The van der Waals surface area contributed by atoms with Gasteiger partial charge in [-0.15, -0.1) is 0 Å². The van der Waals surface area contributed by atoms with Crippen LogP contribution in [-0.2, 0) is 66.5 Å². The van der Waals surface area contributed by atoms with Crippen LogP contribution >= 0.6 is 0 Å². The molecular weight excluding hydrogens is 849 g/mol. The van der Waals surface area contributed by atoms with Crippen molar-refractivity contribution in [3.8, 4) is 0 Å². The van der Waals surface area contributed by atoms with Crippen LogP contribution in [0.25, 0.3) is 0 Å². The van der Waals surface area contributed by atoms with Crippen LogP contribution in [0.3, 0.4) is 0 Å². The topological polar surface area (TPSA) is 198 Å². The molecule has 25 atom stereocenters. The van der Waals surface area contributed by atoms with Gasteiger partial charge in [-0.3, -0.25) is 0 Å². The van der Waals surface area contributed by atoms with Crippen molar-refractivity contribution >= 4 is 5.97 Å². The summed E-state index contributed by atoms with van der Waals surface area (Å²) in [5.74, 6) is -5.74. The van der Waals surface area contributed by atoms with Crippen LogP contribution in [0.15, 0.2) is 0 Å². The normalized spacial score (nSPS) is 53.4. The molecule has 17 nitrogen and oxygen atoms in total. The number of aliphatic hydroxyl groups excluding tert-OH is 1. The lowest BCUT2D eigenvalue weighted by atomic mass is 9.73. The van der Waals surface area contributed by atoms with Crippen molar-refractivity contribution < 1.29 is 82.0 Å². The van der Waals surface area contributed by atoms with Gasteiger partial charge in [0.05, 0.1) is 91.4 Å². The molecule has 65 heavy (non-hydrogen) atoms. The molecule has 1 spiro atoms. The Bertz CT molecular complexity index is 1600.